The van der Waals surface area contributed by atoms with Crippen LogP contribution < -0.4 is 10.6 Å². The van der Waals surface area contributed by atoms with Gasteiger partial charge in [-0.2, -0.15) is 0 Å². The first kappa shape index (κ1) is 15.3. The van der Waals surface area contributed by atoms with Gasteiger partial charge in [0, 0.05) is 17.4 Å². The molecule has 2 rings (SSSR count). The third-order valence-corrected chi connectivity index (χ3v) is 2.86. The lowest BCUT2D eigenvalue weighted by molar-refractivity contribution is 0.102. The molecule has 0 aliphatic heterocycles. The van der Waals surface area contributed by atoms with Crippen LogP contribution in [0.4, 0.5) is 11.6 Å². The maximum Gasteiger partial charge on any atom is 0.260 e. The van der Waals surface area contributed by atoms with Crippen LogP contribution >= 0.6 is 11.6 Å². The molecule has 1 amide bonds. The zero-order valence-corrected chi connectivity index (χ0v) is 12.9. The molecule has 6 heteroatoms. The SMILES string of the molecule is Cc1cc(Cl)nc(NC(=O)c2ccccc2NC(C)C)n1. The molecule has 0 aliphatic rings. The smallest absolute Gasteiger partial charge is 0.260 e. The number of carbonyl (C=O) groups is 1. The van der Waals surface area contributed by atoms with Crippen molar-refractivity contribution in [3.63, 3.8) is 0 Å². The lowest BCUT2D eigenvalue weighted by Crippen LogP contribution is -2.18. The number of nitrogens with one attached hydrogen (secondary N) is 2. The van der Waals surface area contributed by atoms with Crippen molar-refractivity contribution >= 4 is 29.1 Å². The highest BCUT2D eigenvalue weighted by Crippen LogP contribution is 2.18. The third-order valence-electron chi connectivity index (χ3n) is 2.66. The van der Waals surface area contributed by atoms with Gasteiger partial charge in [0.15, 0.2) is 0 Å². The standard InChI is InChI=1S/C15H17ClN4O/c1-9(2)17-12-7-5-4-6-11(12)14(21)20-15-18-10(3)8-13(16)19-15/h4-9,17H,1-3H3,(H,18,19,20,21). The average molecular weight is 305 g/mol. The van der Waals surface area contributed by atoms with Crippen LogP contribution in [0.15, 0.2) is 30.3 Å². The van der Waals surface area contributed by atoms with Crippen molar-refractivity contribution in [1.82, 2.24) is 9.97 Å². The normalized spacial score (nSPS) is 10.5. The molecular weight excluding hydrogens is 288 g/mol. The van der Waals surface area contributed by atoms with E-state index in [4.69, 9.17) is 11.6 Å². The van der Waals surface area contributed by atoms with Gasteiger partial charge in [-0.1, -0.05) is 23.7 Å². The van der Waals surface area contributed by atoms with Crippen molar-refractivity contribution in [2.24, 2.45) is 0 Å². The Balaban J connectivity index is 2.24. The Hall–Kier alpha value is -2.14. The van der Waals surface area contributed by atoms with Gasteiger partial charge >= 0.3 is 0 Å². The van der Waals surface area contributed by atoms with Crippen LogP contribution in [-0.2, 0) is 0 Å². The minimum absolute atomic E-state index is 0.198. The minimum Gasteiger partial charge on any atom is -0.382 e. The Morgan fingerprint density at radius 3 is 2.62 bits per heavy atom. The predicted molar refractivity (Wildman–Crippen MR) is 84.9 cm³/mol. The number of anilines is 2. The summed E-state index contributed by atoms with van der Waals surface area (Å²) in [6.07, 6.45) is 0. The van der Waals surface area contributed by atoms with Gasteiger partial charge in [0.2, 0.25) is 5.95 Å². The monoisotopic (exact) mass is 304 g/mol. The van der Waals surface area contributed by atoms with E-state index >= 15 is 0 Å². The Morgan fingerprint density at radius 1 is 1.24 bits per heavy atom. The average Bonchev–Trinajstić information content (AvgIpc) is 2.37. The van der Waals surface area contributed by atoms with Crippen molar-refractivity contribution in [2.45, 2.75) is 26.8 Å². The van der Waals surface area contributed by atoms with Crippen molar-refractivity contribution in [2.75, 3.05) is 10.6 Å². The predicted octanol–water partition coefficient (Wildman–Crippen LogP) is 3.51. The van der Waals surface area contributed by atoms with E-state index in [1.54, 1.807) is 19.1 Å². The van der Waals surface area contributed by atoms with E-state index in [0.717, 1.165) is 5.69 Å². The highest BCUT2D eigenvalue weighted by Gasteiger charge is 2.13. The fourth-order valence-corrected chi connectivity index (χ4v) is 2.11. The number of para-hydroxylation sites is 1. The van der Waals surface area contributed by atoms with Crippen molar-refractivity contribution in [3.8, 4) is 0 Å². The second-order valence-electron chi connectivity index (χ2n) is 4.95. The van der Waals surface area contributed by atoms with Crippen LogP contribution in [0.25, 0.3) is 0 Å². The number of nitrogens with zero attached hydrogens (tertiary/aromatic N) is 2. The minimum atomic E-state index is -0.277. The van der Waals surface area contributed by atoms with Gasteiger partial charge in [0.1, 0.15) is 5.15 Å². The summed E-state index contributed by atoms with van der Waals surface area (Å²) in [7, 11) is 0. The van der Waals surface area contributed by atoms with Crippen LogP contribution in [0.1, 0.15) is 29.9 Å². The molecule has 0 bridgehead atoms. The molecule has 0 saturated carbocycles. The largest absolute Gasteiger partial charge is 0.382 e. The fourth-order valence-electron chi connectivity index (χ4n) is 1.87. The third kappa shape index (κ3) is 4.16. The molecule has 0 atom stereocenters. The van der Waals surface area contributed by atoms with Crippen LogP contribution in [-0.4, -0.2) is 21.9 Å². The Morgan fingerprint density at radius 2 is 1.95 bits per heavy atom. The van der Waals surface area contributed by atoms with E-state index in [2.05, 4.69) is 20.6 Å². The summed E-state index contributed by atoms with van der Waals surface area (Å²) in [5.41, 5.74) is 2.00. The number of hydrogen-bond donors (Lipinski definition) is 2. The van der Waals surface area contributed by atoms with Crippen molar-refractivity contribution in [3.05, 3.63) is 46.7 Å². The Labute approximate surface area is 128 Å². The van der Waals surface area contributed by atoms with Gasteiger partial charge in [0.05, 0.1) is 5.56 Å². The number of benzene rings is 1. The molecule has 0 aliphatic carbocycles. The molecule has 0 spiro atoms. The molecule has 1 heterocycles. The summed E-state index contributed by atoms with van der Waals surface area (Å²) in [6, 6.07) is 9.15. The molecule has 2 N–H and O–H groups in total. The van der Waals surface area contributed by atoms with Crippen LogP contribution in [0.5, 0.6) is 0 Å². The zero-order valence-electron chi connectivity index (χ0n) is 12.1. The highest BCUT2D eigenvalue weighted by atomic mass is 35.5. The molecule has 0 radical (unpaired) electrons. The number of aromatic nitrogens is 2. The molecular formula is C15H17ClN4O. The van der Waals surface area contributed by atoms with E-state index in [1.807, 2.05) is 32.0 Å². The van der Waals surface area contributed by atoms with Gasteiger partial charge in [-0.05, 0) is 39.0 Å². The number of aryl methyl sites for hydroxylation is 1. The topological polar surface area (TPSA) is 66.9 Å². The summed E-state index contributed by atoms with van der Waals surface area (Å²) >= 11 is 5.86. The quantitative estimate of drug-likeness (QED) is 0.848. The molecule has 1 aromatic heterocycles. The summed E-state index contributed by atoms with van der Waals surface area (Å²) in [6.45, 7) is 5.81. The maximum absolute atomic E-state index is 12.4. The molecule has 21 heavy (non-hydrogen) atoms. The van der Waals surface area contributed by atoms with Crippen LogP contribution in [0.2, 0.25) is 5.15 Å². The van der Waals surface area contributed by atoms with Crippen molar-refractivity contribution in [1.29, 1.82) is 0 Å². The second kappa shape index (κ2) is 6.54. The second-order valence-corrected chi connectivity index (χ2v) is 5.34. The fraction of sp³-hybridized carbons (Fsp3) is 0.267. The maximum atomic E-state index is 12.4. The van der Waals surface area contributed by atoms with E-state index in [1.165, 1.54) is 0 Å². The number of carbonyl (C=O) groups excluding carboxylic acids is 1. The highest BCUT2D eigenvalue weighted by molar-refractivity contribution is 6.29. The van der Waals surface area contributed by atoms with Gasteiger partial charge in [0.25, 0.3) is 5.91 Å². The van der Waals surface area contributed by atoms with Crippen molar-refractivity contribution < 1.29 is 4.79 Å². The van der Waals surface area contributed by atoms with Gasteiger partial charge in [-0.15, -0.1) is 0 Å². The molecule has 2 aromatic rings. The molecule has 0 unspecified atom stereocenters. The lowest BCUT2D eigenvalue weighted by atomic mass is 10.1. The van der Waals surface area contributed by atoms with Gasteiger partial charge in [-0.3, -0.25) is 10.1 Å². The number of rotatable bonds is 4. The summed E-state index contributed by atoms with van der Waals surface area (Å²) < 4.78 is 0. The Bertz CT molecular complexity index is 638. The summed E-state index contributed by atoms with van der Waals surface area (Å²) in [5, 5.41) is 6.20. The zero-order chi connectivity index (χ0) is 15.4. The molecule has 5 nitrogen and oxygen atoms in total. The number of hydrogen-bond acceptors (Lipinski definition) is 4. The molecule has 0 fully saturated rings. The number of halogens is 1. The van der Waals surface area contributed by atoms with Crippen LogP contribution in [0.3, 0.4) is 0 Å². The first-order valence-corrected chi connectivity index (χ1v) is 7.01. The Kier molecular flexibility index (Phi) is 4.75. The lowest BCUT2D eigenvalue weighted by Gasteiger charge is -2.14. The van der Waals surface area contributed by atoms with E-state index in [-0.39, 0.29) is 17.9 Å². The summed E-state index contributed by atoms with van der Waals surface area (Å²) in [4.78, 5) is 20.5. The van der Waals surface area contributed by atoms with Gasteiger partial charge < -0.3 is 5.32 Å². The number of amides is 1. The van der Waals surface area contributed by atoms with Crippen LogP contribution in [0, 0.1) is 6.92 Å². The summed E-state index contributed by atoms with van der Waals surface area (Å²) in [5.74, 6) is -0.0789. The first-order valence-electron chi connectivity index (χ1n) is 6.64. The molecule has 110 valence electrons. The molecule has 1 aromatic carbocycles. The van der Waals surface area contributed by atoms with E-state index in [0.29, 0.717) is 16.4 Å². The molecule has 0 saturated heterocycles. The van der Waals surface area contributed by atoms with Gasteiger partial charge in [-0.25, -0.2) is 9.97 Å². The first-order chi connectivity index (χ1) is 9.95. The van der Waals surface area contributed by atoms with E-state index in [9.17, 15) is 4.79 Å². The van der Waals surface area contributed by atoms with E-state index < -0.39 is 0 Å².